The molecule has 0 atom stereocenters. The van der Waals surface area contributed by atoms with E-state index in [0.717, 1.165) is 16.8 Å². The van der Waals surface area contributed by atoms with Gasteiger partial charge in [-0.05, 0) is 63.6 Å². The molecule has 5 rings (SSSR count). The molecule has 9 nitrogen and oxygen atoms in total. The van der Waals surface area contributed by atoms with Gasteiger partial charge < -0.3 is 14.5 Å². The summed E-state index contributed by atoms with van der Waals surface area (Å²) in [5.41, 5.74) is 3.13. The number of carbonyl (C=O) groups excluding carboxylic acids is 3. The van der Waals surface area contributed by atoms with E-state index in [-0.39, 0.29) is 35.5 Å². The first-order valence-corrected chi connectivity index (χ1v) is 14.7. The highest BCUT2D eigenvalue weighted by molar-refractivity contribution is 6.30. The van der Waals surface area contributed by atoms with E-state index in [1.54, 1.807) is 10.7 Å². The maximum atomic E-state index is 13.8. The molecule has 2 aliphatic rings. The molecule has 218 valence electrons. The second-order valence-corrected chi connectivity index (χ2v) is 12.6. The third-order valence-corrected chi connectivity index (χ3v) is 8.76. The molecule has 2 aromatic heterocycles. The molecule has 2 fully saturated rings. The molecule has 1 saturated heterocycles. The molecule has 1 aromatic carbocycles. The number of carbonyl (C=O) groups is 3. The van der Waals surface area contributed by atoms with Crippen LogP contribution >= 0.6 is 11.6 Å². The maximum Gasteiger partial charge on any atom is 0.308 e. The third kappa shape index (κ3) is 5.82. The first kappa shape index (κ1) is 29.0. The molecule has 2 amide bonds. The van der Waals surface area contributed by atoms with Crippen molar-refractivity contribution < 1.29 is 19.1 Å². The molecule has 3 aromatic rings. The molecule has 3 heterocycles. The molecule has 1 aliphatic heterocycles. The van der Waals surface area contributed by atoms with E-state index in [2.05, 4.69) is 13.8 Å². The van der Waals surface area contributed by atoms with Crippen LogP contribution in [0.25, 0.3) is 16.9 Å². The number of fused-ring (bicyclic) bond motifs is 1. The van der Waals surface area contributed by atoms with Crippen LogP contribution in [0, 0.1) is 11.8 Å². The average Bonchev–Trinajstić information content (AvgIpc) is 3.39. The molecule has 1 saturated carbocycles. The topological polar surface area (TPSA) is 97.1 Å². The van der Waals surface area contributed by atoms with Gasteiger partial charge in [-0.15, -0.1) is 0 Å². The monoisotopic (exact) mass is 579 g/mol. The van der Waals surface area contributed by atoms with E-state index in [1.807, 2.05) is 54.0 Å². The molecule has 0 N–H and O–H groups in total. The zero-order chi connectivity index (χ0) is 29.5. The van der Waals surface area contributed by atoms with E-state index in [1.165, 1.54) is 7.11 Å². The average molecular weight is 580 g/mol. The van der Waals surface area contributed by atoms with Crippen molar-refractivity contribution in [3.05, 3.63) is 52.8 Å². The minimum Gasteiger partial charge on any atom is -0.469 e. The van der Waals surface area contributed by atoms with Crippen LogP contribution in [0.5, 0.6) is 0 Å². The standard InChI is InChI=1S/C31H38ClN5O4/c1-19(2)24-16-25(20-10-12-23(32)13-11-20)34-37-17-26(33-27(24)37)29(39)36-15-14-35(18-31(36,3)4)28(38)21-6-8-22(9-7-21)30(40)41-5/h10-13,16-17,19,21-22H,6-9,14-15,18H2,1-5H3/t21-,22-. The smallest absolute Gasteiger partial charge is 0.308 e. The second kappa shape index (κ2) is 11.4. The highest BCUT2D eigenvalue weighted by atomic mass is 35.5. The Morgan fingerprint density at radius 3 is 2.29 bits per heavy atom. The lowest BCUT2D eigenvalue weighted by Crippen LogP contribution is -2.62. The second-order valence-electron chi connectivity index (χ2n) is 12.1. The SMILES string of the molecule is COC(=O)[C@H]1CC[C@H](C(=O)N2CCN(C(=O)c3cn4nc(-c5ccc(Cl)cc5)cc(C(C)C)c4n3)C(C)(C)C2)CC1. The maximum absolute atomic E-state index is 13.8. The van der Waals surface area contributed by atoms with Crippen molar-refractivity contribution in [3.63, 3.8) is 0 Å². The fraction of sp³-hybridized carbons (Fsp3) is 0.516. The van der Waals surface area contributed by atoms with Crippen LogP contribution in [0.3, 0.4) is 0 Å². The van der Waals surface area contributed by atoms with Crippen LogP contribution in [0.1, 0.15) is 75.3 Å². The minimum absolute atomic E-state index is 0.0947. The Labute approximate surface area is 245 Å². The lowest BCUT2D eigenvalue weighted by molar-refractivity contribution is -0.149. The van der Waals surface area contributed by atoms with Gasteiger partial charge in [-0.3, -0.25) is 14.4 Å². The number of rotatable bonds is 5. The third-order valence-electron chi connectivity index (χ3n) is 8.50. The summed E-state index contributed by atoms with van der Waals surface area (Å²) in [5, 5.41) is 5.43. The molecular weight excluding hydrogens is 542 g/mol. The summed E-state index contributed by atoms with van der Waals surface area (Å²) in [6.45, 7) is 9.50. The van der Waals surface area contributed by atoms with Gasteiger partial charge in [0.1, 0.15) is 5.69 Å². The zero-order valence-corrected chi connectivity index (χ0v) is 25.1. The quantitative estimate of drug-likeness (QED) is 0.385. The summed E-state index contributed by atoms with van der Waals surface area (Å²) in [5.74, 6) is -0.287. The van der Waals surface area contributed by atoms with Crippen molar-refractivity contribution in [2.75, 3.05) is 26.7 Å². The van der Waals surface area contributed by atoms with Gasteiger partial charge >= 0.3 is 5.97 Å². The lowest BCUT2D eigenvalue weighted by atomic mass is 9.81. The normalized spacial score (nSPS) is 20.9. The number of hydrogen-bond donors (Lipinski definition) is 0. The number of hydrogen-bond acceptors (Lipinski definition) is 6. The Morgan fingerprint density at radius 2 is 1.68 bits per heavy atom. The van der Waals surface area contributed by atoms with Crippen molar-refractivity contribution in [2.24, 2.45) is 11.8 Å². The Kier molecular flexibility index (Phi) is 8.10. The first-order chi connectivity index (χ1) is 19.5. The predicted octanol–water partition coefficient (Wildman–Crippen LogP) is 5.22. The van der Waals surface area contributed by atoms with Crippen LogP contribution in [0.4, 0.5) is 0 Å². The summed E-state index contributed by atoms with van der Waals surface area (Å²) >= 11 is 6.08. The Hall–Kier alpha value is -3.46. The van der Waals surface area contributed by atoms with Crippen molar-refractivity contribution in [1.29, 1.82) is 0 Å². The molecule has 0 spiro atoms. The number of methoxy groups -OCH3 is 1. The summed E-state index contributed by atoms with van der Waals surface area (Å²) in [4.78, 5) is 47.6. The van der Waals surface area contributed by atoms with E-state index in [0.29, 0.717) is 61.7 Å². The van der Waals surface area contributed by atoms with E-state index in [4.69, 9.17) is 26.4 Å². The van der Waals surface area contributed by atoms with Gasteiger partial charge in [0.15, 0.2) is 5.65 Å². The van der Waals surface area contributed by atoms with Gasteiger partial charge in [0.25, 0.3) is 5.91 Å². The summed E-state index contributed by atoms with van der Waals surface area (Å²) < 4.78 is 6.58. The van der Waals surface area contributed by atoms with Gasteiger partial charge in [-0.1, -0.05) is 37.6 Å². The number of amides is 2. The number of halogens is 1. The predicted molar refractivity (Wildman–Crippen MR) is 157 cm³/mol. The van der Waals surface area contributed by atoms with Gasteiger partial charge in [0.2, 0.25) is 5.91 Å². The molecular formula is C31H38ClN5O4. The summed E-state index contributed by atoms with van der Waals surface area (Å²) in [6, 6.07) is 9.55. The number of piperazine rings is 1. The Bertz CT molecular complexity index is 1460. The molecule has 0 bridgehead atoms. The Morgan fingerprint density at radius 1 is 1.02 bits per heavy atom. The molecule has 41 heavy (non-hydrogen) atoms. The highest BCUT2D eigenvalue weighted by Crippen LogP contribution is 2.33. The minimum atomic E-state index is -0.577. The van der Waals surface area contributed by atoms with Crippen LogP contribution in [-0.4, -0.2) is 74.5 Å². The number of imidazole rings is 1. The van der Waals surface area contributed by atoms with Gasteiger partial charge in [-0.25, -0.2) is 9.50 Å². The van der Waals surface area contributed by atoms with Crippen molar-refractivity contribution in [1.82, 2.24) is 24.4 Å². The first-order valence-electron chi connectivity index (χ1n) is 14.3. The van der Waals surface area contributed by atoms with Gasteiger partial charge in [-0.2, -0.15) is 5.10 Å². The van der Waals surface area contributed by atoms with Crippen LogP contribution in [0.2, 0.25) is 5.02 Å². The van der Waals surface area contributed by atoms with Gasteiger partial charge in [0, 0.05) is 41.7 Å². The molecule has 1 aliphatic carbocycles. The fourth-order valence-corrected chi connectivity index (χ4v) is 6.28. The van der Waals surface area contributed by atoms with E-state index < -0.39 is 5.54 Å². The summed E-state index contributed by atoms with van der Waals surface area (Å²) in [7, 11) is 1.41. The van der Waals surface area contributed by atoms with Crippen molar-refractivity contribution in [3.8, 4) is 11.3 Å². The fourth-order valence-electron chi connectivity index (χ4n) is 6.15. The van der Waals surface area contributed by atoms with E-state index in [9.17, 15) is 14.4 Å². The molecule has 0 unspecified atom stereocenters. The number of ether oxygens (including phenoxy) is 1. The number of nitrogens with zero attached hydrogens (tertiary/aromatic N) is 5. The number of benzene rings is 1. The van der Waals surface area contributed by atoms with Crippen LogP contribution < -0.4 is 0 Å². The number of esters is 1. The number of aromatic nitrogens is 3. The molecule has 10 heteroatoms. The van der Waals surface area contributed by atoms with E-state index >= 15 is 0 Å². The Balaban J connectivity index is 1.33. The summed E-state index contributed by atoms with van der Waals surface area (Å²) in [6.07, 6.45) is 4.41. The zero-order valence-electron chi connectivity index (χ0n) is 24.4. The van der Waals surface area contributed by atoms with Crippen LogP contribution in [-0.2, 0) is 14.3 Å². The molecule has 0 radical (unpaired) electrons. The van der Waals surface area contributed by atoms with Crippen molar-refractivity contribution >= 4 is 35.0 Å². The highest BCUT2D eigenvalue weighted by Gasteiger charge is 2.41. The van der Waals surface area contributed by atoms with Crippen molar-refractivity contribution in [2.45, 2.75) is 64.8 Å². The van der Waals surface area contributed by atoms with Gasteiger partial charge in [0.05, 0.1) is 30.5 Å². The lowest BCUT2D eigenvalue weighted by Gasteiger charge is -2.47. The van der Waals surface area contributed by atoms with Crippen LogP contribution in [0.15, 0.2) is 36.5 Å². The largest absolute Gasteiger partial charge is 0.469 e.